The largest absolute Gasteiger partial charge is 0.497 e. The van der Waals surface area contributed by atoms with E-state index in [2.05, 4.69) is 5.32 Å². The van der Waals surface area contributed by atoms with Crippen molar-refractivity contribution in [1.82, 2.24) is 0 Å². The van der Waals surface area contributed by atoms with Crippen LogP contribution < -0.4 is 14.4 Å². The number of rotatable bonds is 7. The molecular weight excluding hydrogens is 412 g/mol. The Bertz CT molecular complexity index is 1150. The minimum absolute atomic E-state index is 0.183. The lowest BCUT2D eigenvalue weighted by atomic mass is 10.1. The van der Waals surface area contributed by atoms with Crippen molar-refractivity contribution >= 4 is 27.3 Å². The Hall–Kier alpha value is -3.32. The summed E-state index contributed by atoms with van der Waals surface area (Å²) < 4.78 is 31.4. The standard InChI is InChI=1S/C24H26N2O4S/c1-17-13-18(2)15-22(14-17)26(31(4,28)29)16-19-5-7-20(8-6-19)24(27)25-21-9-11-23(30-3)12-10-21/h5-15H,16H2,1-4H3,(H,25,27). The summed E-state index contributed by atoms with van der Waals surface area (Å²) in [7, 11) is -1.90. The van der Waals surface area contributed by atoms with Crippen LogP contribution in [0.4, 0.5) is 11.4 Å². The molecule has 0 atom stereocenters. The van der Waals surface area contributed by atoms with Gasteiger partial charge in [0, 0.05) is 11.3 Å². The fraction of sp³-hybridized carbons (Fsp3) is 0.208. The van der Waals surface area contributed by atoms with E-state index in [1.807, 2.05) is 32.0 Å². The summed E-state index contributed by atoms with van der Waals surface area (Å²) in [6.07, 6.45) is 1.20. The first-order valence-corrected chi connectivity index (χ1v) is 11.6. The van der Waals surface area contributed by atoms with Crippen LogP contribution in [-0.4, -0.2) is 27.7 Å². The van der Waals surface area contributed by atoms with Crippen LogP contribution in [0.3, 0.4) is 0 Å². The molecule has 162 valence electrons. The Labute approximate surface area is 183 Å². The quantitative estimate of drug-likeness (QED) is 0.588. The third kappa shape index (κ3) is 5.86. The normalized spacial score (nSPS) is 11.1. The van der Waals surface area contributed by atoms with E-state index >= 15 is 0 Å². The van der Waals surface area contributed by atoms with E-state index in [1.165, 1.54) is 10.6 Å². The van der Waals surface area contributed by atoms with Gasteiger partial charge in [0.25, 0.3) is 5.91 Å². The van der Waals surface area contributed by atoms with Gasteiger partial charge >= 0.3 is 0 Å². The Balaban J connectivity index is 1.76. The number of carbonyl (C=O) groups is 1. The lowest BCUT2D eigenvalue weighted by Gasteiger charge is -2.23. The van der Waals surface area contributed by atoms with Crippen LogP contribution in [0.5, 0.6) is 5.75 Å². The minimum atomic E-state index is -3.48. The number of nitrogens with one attached hydrogen (secondary N) is 1. The summed E-state index contributed by atoms with van der Waals surface area (Å²) in [6.45, 7) is 4.06. The van der Waals surface area contributed by atoms with Crippen LogP contribution in [0.25, 0.3) is 0 Å². The zero-order valence-corrected chi connectivity index (χ0v) is 18.9. The predicted molar refractivity (Wildman–Crippen MR) is 124 cm³/mol. The number of carbonyl (C=O) groups excluding carboxylic acids is 1. The summed E-state index contributed by atoms with van der Waals surface area (Å²) >= 11 is 0. The molecule has 1 N–H and O–H groups in total. The van der Waals surface area contributed by atoms with Crippen molar-refractivity contribution in [2.45, 2.75) is 20.4 Å². The molecule has 0 aliphatic carbocycles. The van der Waals surface area contributed by atoms with Gasteiger partial charge in [-0.15, -0.1) is 0 Å². The first kappa shape index (κ1) is 22.4. The van der Waals surface area contributed by atoms with E-state index in [-0.39, 0.29) is 12.5 Å². The lowest BCUT2D eigenvalue weighted by Crippen LogP contribution is -2.29. The van der Waals surface area contributed by atoms with Crippen molar-refractivity contribution in [2.24, 2.45) is 0 Å². The second-order valence-electron chi connectivity index (χ2n) is 7.50. The monoisotopic (exact) mass is 438 g/mol. The number of anilines is 2. The molecule has 1 amide bonds. The van der Waals surface area contributed by atoms with Crippen LogP contribution in [0.2, 0.25) is 0 Å². The molecule has 3 aromatic carbocycles. The van der Waals surface area contributed by atoms with E-state index in [4.69, 9.17) is 4.74 Å². The van der Waals surface area contributed by atoms with Crippen molar-refractivity contribution in [2.75, 3.05) is 23.0 Å². The van der Waals surface area contributed by atoms with Gasteiger partial charge in [-0.3, -0.25) is 9.10 Å². The molecule has 0 radical (unpaired) electrons. The molecule has 3 aromatic rings. The third-order valence-corrected chi connectivity index (χ3v) is 5.93. The molecule has 7 heteroatoms. The first-order chi connectivity index (χ1) is 14.7. The molecule has 0 saturated heterocycles. The molecule has 31 heavy (non-hydrogen) atoms. The van der Waals surface area contributed by atoms with Crippen molar-refractivity contribution in [1.29, 1.82) is 0 Å². The lowest BCUT2D eigenvalue weighted by molar-refractivity contribution is 0.102. The summed E-state index contributed by atoms with van der Waals surface area (Å²) in [4.78, 5) is 12.5. The molecule has 0 spiro atoms. The smallest absolute Gasteiger partial charge is 0.255 e. The van der Waals surface area contributed by atoms with Gasteiger partial charge in [0.1, 0.15) is 5.75 Å². The van der Waals surface area contributed by atoms with Crippen LogP contribution in [-0.2, 0) is 16.6 Å². The molecule has 0 aliphatic rings. The van der Waals surface area contributed by atoms with Gasteiger partial charge in [0.15, 0.2) is 0 Å². The molecule has 0 aliphatic heterocycles. The molecule has 6 nitrogen and oxygen atoms in total. The molecule has 0 fully saturated rings. The molecule has 0 unspecified atom stereocenters. The number of hydrogen-bond donors (Lipinski definition) is 1. The van der Waals surface area contributed by atoms with E-state index in [0.717, 1.165) is 16.7 Å². The molecule has 0 aromatic heterocycles. The Morgan fingerprint density at radius 1 is 0.935 bits per heavy atom. The second kappa shape index (κ2) is 9.22. The Morgan fingerprint density at radius 2 is 1.52 bits per heavy atom. The first-order valence-electron chi connectivity index (χ1n) is 9.76. The summed E-state index contributed by atoms with van der Waals surface area (Å²) in [5.41, 5.74) is 4.54. The van der Waals surface area contributed by atoms with Crippen molar-refractivity contribution in [3.63, 3.8) is 0 Å². The van der Waals surface area contributed by atoms with Gasteiger partial charge in [-0.25, -0.2) is 8.42 Å². The number of sulfonamides is 1. The predicted octanol–water partition coefficient (Wildman–Crippen LogP) is 4.53. The Morgan fingerprint density at radius 3 is 2.03 bits per heavy atom. The van der Waals surface area contributed by atoms with Crippen LogP contribution in [0.15, 0.2) is 66.7 Å². The van der Waals surface area contributed by atoms with Crippen molar-refractivity contribution in [3.05, 3.63) is 89.0 Å². The number of aryl methyl sites for hydroxylation is 2. The average Bonchev–Trinajstić information content (AvgIpc) is 2.71. The zero-order chi connectivity index (χ0) is 22.6. The van der Waals surface area contributed by atoms with Gasteiger partial charge in [-0.2, -0.15) is 0 Å². The van der Waals surface area contributed by atoms with Gasteiger partial charge in [0.2, 0.25) is 10.0 Å². The topological polar surface area (TPSA) is 75.7 Å². The molecule has 0 bridgehead atoms. The highest BCUT2D eigenvalue weighted by Gasteiger charge is 2.19. The van der Waals surface area contributed by atoms with E-state index in [0.29, 0.717) is 22.7 Å². The van der Waals surface area contributed by atoms with Crippen LogP contribution in [0, 0.1) is 13.8 Å². The number of nitrogens with zero attached hydrogens (tertiary/aromatic N) is 1. The number of ether oxygens (including phenoxy) is 1. The number of amides is 1. The molecule has 0 heterocycles. The SMILES string of the molecule is COc1ccc(NC(=O)c2ccc(CN(c3cc(C)cc(C)c3)S(C)(=O)=O)cc2)cc1. The number of benzene rings is 3. The van der Waals surface area contributed by atoms with E-state index < -0.39 is 10.0 Å². The fourth-order valence-corrected chi connectivity index (χ4v) is 4.17. The zero-order valence-electron chi connectivity index (χ0n) is 18.0. The Kier molecular flexibility index (Phi) is 6.65. The van der Waals surface area contributed by atoms with Crippen molar-refractivity contribution < 1.29 is 17.9 Å². The summed E-state index contributed by atoms with van der Waals surface area (Å²) in [5.74, 6) is 0.465. The maximum atomic E-state index is 12.5. The highest BCUT2D eigenvalue weighted by atomic mass is 32.2. The maximum absolute atomic E-state index is 12.5. The van der Waals surface area contributed by atoms with Gasteiger partial charge < -0.3 is 10.1 Å². The summed E-state index contributed by atoms with van der Waals surface area (Å²) in [5, 5.41) is 2.83. The van der Waals surface area contributed by atoms with E-state index in [1.54, 1.807) is 55.6 Å². The van der Waals surface area contributed by atoms with Crippen LogP contribution >= 0.6 is 0 Å². The average molecular weight is 439 g/mol. The van der Waals surface area contributed by atoms with Crippen LogP contribution in [0.1, 0.15) is 27.0 Å². The highest BCUT2D eigenvalue weighted by Crippen LogP contribution is 2.24. The number of methoxy groups -OCH3 is 1. The van der Waals surface area contributed by atoms with E-state index in [9.17, 15) is 13.2 Å². The summed E-state index contributed by atoms with van der Waals surface area (Å²) in [6, 6.07) is 19.7. The minimum Gasteiger partial charge on any atom is -0.497 e. The molecule has 3 rings (SSSR count). The third-order valence-electron chi connectivity index (χ3n) is 4.78. The second-order valence-corrected chi connectivity index (χ2v) is 9.40. The van der Waals surface area contributed by atoms with Crippen molar-refractivity contribution in [3.8, 4) is 5.75 Å². The highest BCUT2D eigenvalue weighted by molar-refractivity contribution is 7.92. The number of hydrogen-bond acceptors (Lipinski definition) is 4. The van der Waals surface area contributed by atoms with Gasteiger partial charge in [-0.05, 0) is 79.1 Å². The van der Waals surface area contributed by atoms with Gasteiger partial charge in [0.05, 0.1) is 25.6 Å². The molecular formula is C24H26N2O4S. The maximum Gasteiger partial charge on any atom is 0.255 e. The molecule has 0 saturated carbocycles. The van der Waals surface area contributed by atoms with Gasteiger partial charge in [-0.1, -0.05) is 18.2 Å². The fourth-order valence-electron chi connectivity index (χ4n) is 3.30.